The lowest BCUT2D eigenvalue weighted by Crippen LogP contribution is -2.22. The van der Waals surface area contributed by atoms with Gasteiger partial charge in [-0.05, 0) is 29.8 Å². The number of rotatable bonds is 10. The topological polar surface area (TPSA) is 63.2 Å². The molecule has 2 N–H and O–H groups in total. The number of nitrogens with one attached hydrogen (secondary N) is 2. The summed E-state index contributed by atoms with van der Waals surface area (Å²) in [5.74, 6) is 0.515. The van der Waals surface area contributed by atoms with Gasteiger partial charge >= 0.3 is 0 Å². The molecule has 0 saturated carbocycles. The van der Waals surface area contributed by atoms with E-state index in [0.717, 1.165) is 16.9 Å². The predicted molar refractivity (Wildman–Crippen MR) is 107 cm³/mol. The van der Waals surface area contributed by atoms with Gasteiger partial charge in [-0.3, -0.25) is 4.79 Å². The van der Waals surface area contributed by atoms with Crippen molar-refractivity contribution in [3.63, 3.8) is 0 Å². The number of anilines is 1. The average Bonchev–Trinajstić information content (AvgIpc) is 3.12. The number of aromatic nitrogens is 1. The Morgan fingerprint density at radius 1 is 1.27 bits per heavy atom. The number of amides is 1. The van der Waals surface area contributed by atoms with E-state index in [9.17, 15) is 4.79 Å². The molecule has 0 radical (unpaired) electrons. The van der Waals surface area contributed by atoms with E-state index in [4.69, 9.17) is 4.74 Å². The maximum absolute atomic E-state index is 12.2. The molecule has 2 aromatic heterocycles. The van der Waals surface area contributed by atoms with E-state index in [-0.39, 0.29) is 5.91 Å². The van der Waals surface area contributed by atoms with Gasteiger partial charge < -0.3 is 15.4 Å². The Morgan fingerprint density at radius 3 is 2.73 bits per heavy atom. The fraction of sp³-hybridized carbons (Fsp3) is 0.200. The summed E-state index contributed by atoms with van der Waals surface area (Å²) in [5, 5.41) is 5.89. The van der Waals surface area contributed by atoms with Gasteiger partial charge in [-0.15, -0.1) is 11.3 Å². The smallest absolute Gasteiger partial charge is 0.253 e. The van der Waals surface area contributed by atoms with Crippen molar-refractivity contribution in [2.75, 3.05) is 19.2 Å². The molecule has 0 aromatic carbocycles. The van der Waals surface area contributed by atoms with Gasteiger partial charge in [0, 0.05) is 29.5 Å². The van der Waals surface area contributed by atoms with Crippen LogP contribution in [0, 0.1) is 0 Å². The molecule has 0 aliphatic carbocycles. The average molecular weight is 369 g/mol. The largest absolute Gasteiger partial charge is 0.365 e. The van der Waals surface area contributed by atoms with Gasteiger partial charge in [0.05, 0.1) is 12.1 Å². The van der Waals surface area contributed by atoms with Crippen molar-refractivity contribution in [1.29, 1.82) is 0 Å². The van der Waals surface area contributed by atoms with E-state index in [1.165, 1.54) is 4.88 Å². The van der Waals surface area contributed by atoms with E-state index in [2.05, 4.69) is 34.8 Å². The summed E-state index contributed by atoms with van der Waals surface area (Å²) in [7, 11) is 1.60. The summed E-state index contributed by atoms with van der Waals surface area (Å²) in [6.45, 7) is 8.38. The number of nitrogens with zero attached hydrogens (tertiary/aromatic N) is 1. The SMILES string of the molecule is C=C/C=C(\C=C)Cc1ccc(CNC(=O)c2ccc(NCOC)nc2)s1. The highest BCUT2D eigenvalue weighted by Gasteiger charge is 2.08. The van der Waals surface area contributed by atoms with E-state index >= 15 is 0 Å². The number of carbonyl (C=O) groups excluding carboxylic acids is 1. The molecular weight excluding hydrogens is 346 g/mol. The van der Waals surface area contributed by atoms with Gasteiger partial charge in [-0.25, -0.2) is 4.98 Å². The van der Waals surface area contributed by atoms with Gasteiger partial charge in [0.2, 0.25) is 0 Å². The molecule has 0 aliphatic heterocycles. The fourth-order valence-corrected chi connectivity index (χ4v) is 3.20. The fourth-order valence-electron chi connectivity index (χ4n) is 2.21. The van der Waals surface area contributed by atoms with Crippen LogP contribution < -0.4 is 10.6 Å². The Balaban J connectivity index is 1.88. The zero-order valence-corrected chi connectivity index (χ0v) is 15.6. The number of pyridine rings is 1. The lowest BCUT2D eigenvalue weighted by atomic mass is 10.1. The number of thiophene rings is 1. The molecule has 5 nitrogen and oxygen atoms in total. The van der Waals surface area contributed by atoms with Crippen molar-refractivity contribution >= 4 is 23.1 Å². The number of carbonyl (C=O) groups is 1. The van der Waals surface area contributed by atoms with Gasteiger partial charge in [0.15, 0.2) is 0 Å². The van der Waals surface area contributed by atoms with Crippen molar-refractivity contribution < 1.29 is 9.53 Å². The number of methoxy groups -OCH3 is 1. The van der Waals surface area contributed by atoms with Crippen molar-refractivity contribution in [3.8, 4) is 0 Å². The third-order valence-corrected chi connectivity index (χ3v) is 4.62. The molecule has 136 valence electrons. The van der Waals surface area contributed by atoms with Crippen LogP contribution in [0.3, 0.4) is 0 Å². The van der Waals surface area contributed by atoms with Crippen molar-refractivity contribution in [3.05, 3.63) is 82.7 Å². The number of hydrogen-bond acceptors (Lipinski definition) is 5. The van der Waals surface area contributed by atoms with E-state index in [1.54, 1.807) is 42.9 Å². The highest BCUT2D eigenvalue weighted by Crippen LogP contribution is 2.20. The number of allylic oxidation sites excluding steroid dienone is 4. The van der Waals surface area contributed by atoms with Crippen LogP contribution >= 0.6 is 11.3 Å². The minimum atomic E-state index is -0.149. The minimum absolute atomic E-state index is 0.149. The molecule has 0 saturated heterocycles. The lowest BCUT2D eigenvalue weighted by molar-refractivity contribution is 0.0951. The zero-order chi connectivity index (χ0) is 18.8. The molecule has 0 bridgehead atoms. The van der Waals surface area contributed by atoms with Crippen LogP contribution in [-0.2, 0) is 17.7 Å². The molecule has 6 heteroatoms. The molecule has 0 fully saturated rings. The molecule has 0 atom stereocenters. The maximum Gasteiger partial charge on any atom is 0.253 e. The monoisotopic (exact) mass is 369 g/mol. The van der Waals surface area contributed by atoms with Crippen LogP contribution in [0.4, 0.5) is 5.82 Å². The second kappa shape index (κ2) is 10.3. The van der Waals surface area contributed by atoms with E-state index < -0.39 is 0 Å². The lowest BCUT2D eigenvalue weighted by Gasteiger charge is -2.06. The summed E-state index contributed by atoms with van der Waals surface area (Å²) in [4.78, 5) is 18.7. The first-order chi connectivity index (χ1) is 12.7. The first-order valence-corrected chi connectivity index (χ1v) is 8.96. The van der Waals surface area contributed by atoms with E-state index in [0.29, 0.717) is 24.7 Å². The number of hydrogen-bond donors (Lipinski definition) is 2. The Hall–Kier alpha value is -2.70. The Kier molecular flexibility index (Phi) is 7.79. The summed E-state index contributed by atoms with van der Waals surface area (Å²) >= 11 is 1.67. The Bertz CT molecular complexity index is 779. The standard InChI is InChI=1S/C20H23N3O2S/c1-4-6-15(5-2)11-17-8-9-18(26-17)13-22-20(24)16-7-10-19(21-12-16)23-14-25-3/h4-10,12H,1-2,11,13-14H2,3H3,(H,21,23)(H,22,24)/b15-6+. The first kappa shape index (κ1) is 19.6. The van der Waals surface area contributed by atoms with Crippen LogP contribution in [0.2, 0.25) is 0 Å². The summed E-state index contributed by atoms with van der Waals surface area (Å²) in [6, 6.07) is 7.59. The quantitative estimate of drug-likeness (QED) is 0.492. The molecule has 0 unspecified atom stereocenters. The number of ether oxygens (including phenoxy) is 1. The summed E-state index contributed by atoms with van der Waals surface area (Å²) < 4.78 is 4.91. The van der Waals surface area contributed by atoms with Crippen LogP contribution in [-0.4, -0.2) is 24.7 Å². The molecule has 0 spiro atoms. The first-order valence-electron chi connectivity index (χ1n) is 8.15. The summed E-state index contributed by atoms with van der Waals surface area (Å²) in [6.07, 6.45) is 7.90. The van der Waals surface area contributed by atoms with Crippen LogP contribution in [0.25, 0.3) is 0 Å². The molecular formula is C20H23N3O2S. The van der Waals surface area contributed by atoms with Crippen molar-refractivity contribution in [2.24, 2.45) is 0 Å². The third kappa shape index (κ3) is 5.98. The van der Waals surface area contributed by atoms with Crippen LogP contribution in [0.15, 0.2) is 67.4 Å². The van der Waals surface area contributed by atoms with Crippen molar-refractivity contribution in [1.82, 2.24) is 10.3 Å². The highest BCUT2D eigenvalue weighted by molar-refractivity contribution is 7.12. The van der Waals surface area contributed by atoms with Crippen LogP contribution in [0.5, 0.6) is 0 Å². The highest BCUT2D eigenvalue weighted by atomic mass is 32.1. The van der Waals surface area contributed by atoms with Gasteiger partial charge in [-0.1, -0.05) is 31.4 Å². The van der Waals surface area contributed by atoms with Crippen molar-refractivity contribution in [2.45, 2.75) is 13.0 Å². The Labute approximate surface area is 158 Å². The van der Waals surface area contributed by atoms with Gasteiger partial charge in [0.1, 0.15) is 12.5 Å². The second-order valence-electron chi connectivity index (χ2n) is 5.45. The maximum atomic E-state index is 12.2. The van der Waals surface area contributed by atoms with E-state index in [1.807, 2.05) is 18.2 Å². The normalized spacial score (nSPS) is 11.0. The van der Waals surface area contributed by atoms with Gasteiger partial charge in [-0.2, -0.15) is 0 Å². The van der Waals surface area contributed by atoms with Gasteiger partial charge in [0.25, 0.3) is 5.91 Å². The predicted octanol–water partition coefficient (Wildman–Crippen LogP) is 3.93. The molecule has 2 heterocycles. The molecule has 0 aliphatic rings. The second-order valence-corrected chi connectivity index (χ2v) is 6.70. The molecule has 1 amide bonds. The zero-order valence-electron chi connectivity index (χ0n) is 14.8. The molecule has 2 aromatic rings. The molecule has 2 rings (SSSR count). The van der Waals surface area contributed by atoms with Crippen LogP contribution in [0.1, 0.15) is 20.1 Å². The minimum Gasteiger partial charge on any atom is -0.365 e. The molecule has 26 heavy (non-hydrogen) atoms. The summed E-state index contributed by atoms with van der Waals surface area (Å²) in [5.41, 5.74) is 1.64. The Morgan fingerprint density at radius 2 is 2.08 bits per heavy atom. The third-order valence-electron chi connectivity index (χ3n) is 3.54.